The molecule has 0 bridgehead atoms. The average Bonchev–Trinajstić information content (AvgIpc) is 2.72. The van der Waals surface area contributed by atoms with E-state index >= 15 is 0 Å². The van der Waals surface area contributed by atoms with Crippen LogP contribution in [0.15, 0.2) is 48.5 Å². The number of ether oxygens (including phenoxy) is 2. The number of amides is 3. The van der Waals surface area contributed by atoms with Crippen molar-refractivity contribution < 1.29 is 28.8 Å². The Balaban J connectivity index is 2.30. The molecule has 2 N–H and O–H groups in total. The summed E-state index contributed by atoms with van der Waals surface area (Å²) in [6, 6.07) is 10.9. The van der Waals surface area contributed by atoms with Crippen LogP contribution in [0.4, 0.5) is 10.5 Å². The topological polar surface area (TPSA) is 137 Å². The third-order valence-corrected chi connectivity index (χ3v) is 3.83. The van der Waals surface area contributed by atoms with E-state index < -0.39 is 34.6 Å². The fourth-order valence-corrected chi connectivity index (χ4v) is 2.52. The predicted molar refractivity (Wildman–Crippen MR) is 106 cm³/mol. The van der Waals surface area contributed by atoms with Crippen molar-refractivity contribution in [2.24, 2.45) is 0 Å². The minimum Gasteiger partial charge on any atom is -0.487 e. The second-order valence-electron chi connectivity index (χ2n) is 5.92. The molecule has 2 aromatic carbocycles. The number of hydrogen-bond acceptors (Lipinski definition) is 7. The molecule has 1 atom stereocenters. The van der Waals surface area contributed by atoms with Crippen molar-refractivity contribution in [1.29, 1.82) is 0 Å². The Hall–Kier alpha value is -3.95. The van der Waals surface area contributed by atoms with E-state index in [-0.39, 0.29) is 17.9 Å². The van der Waals surface area contributed by atoms with Gasteiger partial charge in [-0.05, 0) is 26.0 Å². The molecule has 0 spiro atoms. The molecule has 0 heterocycles. The van der Waals surface area contributed by atoms with Gasteiger partial charge in [0, 0.05) is 18.2 Å². The van der Waals surface area contributed by atoms with Gasteiger partial charge < -0.3 is 14.8 Å². The number of nitrogens with zero attached hydrogens (tertiary/aromatic N) is 1. The summed E-state index contributed by atoms with van der Waals surface area (Å²) in [5, 5.41) is 15.8. The molecule has 158 valence electrons. The van der Waals surface area contributed by atoms with Crippen LogP contribution < -0.4 is 15.4 Å². The Kier molecular flexibility index (Phi) is 7.86. The minimum absolute atomic E-state index is 0.00707. The number of urea groups is 1. The molecule has 0 aromatic heterocycles. The summed E-state index contributed by atoms with van der Waals surface area (Å²) in [6.07, 6.45) is -1.44. The molecular formula is C20H21N3O7. The molecule has 10 nitrogen and oxygen atoms in total. The monoisotopic (exact) mass is 415 g/mol. The second kappa shape index (κ2) is 10.6. The lowest BCUT2D eigenvalue weighted by molar-refractivity contribution is -0.385. The fraction of sp³-hybridized carbons (Fsp3) is 0.250. The van der Waals surface area contributed by atoms with Gasteiger partial charge in [-0.3, -0.25) is 20.2 Å². The standard InChI is InChI=1S/C20H21N3O7/c1-3-21-20(26)22-18(24)17(13-8-6-5-7-9-13)30-19(25)14-10-11-16(29-4-2)15(12-14)23(27)28/h5-12,17H,3-4H2,1-2H3,(H2,21,22,24,26). The third-order valence-electron chi connectivity index (χ3n) is 3.83. The summed E-state index contributed by atoms with van der Waals surface area (Å²) < 4.78 is 10.5. The first-order valence-electron chi connectivity index (χ1n) is 9.13. The largest absolute Gasteiger partial charge is 0.487 e. The van der Waals surface area contributed by atoms with Gasteiger partial charge in [-0.2, -0.15) is 0 Å². The molecule has 3 amide bonds. The van der Waals surface area contributed by atoms with Crippen LogP contribution >= 0.6 is 0 Å². The first kappa shape index (κ1) is 22.3. The van der Waals surface area contributed by atoms with Crippen LogP contribution in [0.2, 0.25) is 0 Å². The number of carbonyl (C=O) groups is 3. The van der Waals surface area contributed by atoms with Crippen molar-refractivity contribution in [3.63, 3.8) is 0 Å². The Labute approximate surface area is 172 Å². The summed E-state index contributed by atoms with van der Waals surface area (Å²) in [4.78, 5) is 47.4. The zero-order chi connectivity index (χ0) is 22.1. The molecule has 2 rings (SSSR count). The van der Waals surface area contributed by atoms with Crippen molar-refractivity contribution in [3.8, 4) is 5.75 Å². The molecule has 0 aliphatic heterocycles. The number of imide groups is 1. The number of rotatable bonds is 8. The lowest BCUT2D eigenvalue weighted by Crippen LogP contribution is -2.42. The normalized spacial score (nSPS) is 11.1. The van der Waals surface area contributed by atoms with Gasteiger partial charge in [-0.1, -0.05) is 30.3 Å². The number of esters is 1. The van der Waals surface area contributed by atoms with E-state index in [1.54, 1.807) is 44.2 Å². The summed E-state index contributed by atoms with van der Waals surface area (Å²) in [7, 11) is 0. The van der Waals surface area contributed by atoms with E-state index in [4.69, 9.17) is 9.47 Å². The average molecular weight is 415 g/mol. The highest BCUT2D eigenvalue weighted by molar-refractivity contribution is 5.99. The molecule has 0 radical (unpaired) electrons. The summed E-state index contributed by atoms with van der Waals surface area (Å²) >= 11 is 0. The lowest BCUT2D eigenvalue weighted by atomic mass is 10.1. The number of nitro groups is 1. The van der Waals surface area contributed by atoms with Crippen molar-refractivity contribution in [2.45, 2.75) is 20.0 Å². The lowest BCUT2D eigenvalue weighted by Gasteiger charge is -2.18. The van der Waals surface area contributed by atoms with E-state index in [9.17, 15) is 24.5 Å². The summed E-state index contributed by atoms with van der Waals surface area (Å²) in [6.45, 7) is 3.85. The molecule has 0 saturated carbocycles. The van der Waals surface area contributed by atoms with E-state index in [0.717, 1.165) is 6.07 Å². The molecule has 1 unspecified atom stereocenters. The Morgan fingerprint density at radius 1 is 1.10 bits per heavy atom. The maximum Gasteiger partial charge on any atom is 0.339 e. The van der Waals surface area contributed by atoms with E-state index in [2.05, 4.69) is 10.6 Å². The van der Waals surface area contributed by atoms with Crippen LogP contribution in [-0.4, -0.2) is 36.0 Å². The molecular weight excluding hydrogens is 394 g/mol. The quantitative estimate of drug-likeness (QED) is 0.384. The first-order valence-corrected chi connectivity index (χ1v) is 9.13. The van der Waals surface area contributed by atoms with Crippen molar-refractivity contribution in [1.82, 2.24) is 10.6 Å². The van der Waals surface area contributed by atoms with Crippen molar-refractivity contribution in [3.05, 3.63) is 69.8 Å². The van der Waals surface area contributed by atoms with Crippen LogP contribution in [0.25, 0.3) is 0 Å². The van der Waals surface area contributed by atoms with Crippen LogP contribution in [0, 0.1) is 10.1 Å². The van der Waals surface area contributed by atoms with E-state index in [1.165, 1.54) is 12.1 Å². The molecule has 30 heavy (non-hydrogen) atoms. The van der Waals surface area contributed by atoms with Gasteiger partial charge in [0.1, 0.15) is 0 Å². The zero-order valence-electron chi connectivity index (χ0n) is 16.4. The van der Waals surface area contributed by atoms with E-state index in [0.29, 0.717) is 12.1 Å². The smallest absolute Gasteiger partial charge is 0.339 e. The molecule has 0 fully saturated rings. The van der Waals surface area contributed by atoms with Gasteiger partial charge in [-0.25, -0.2) is 9.59 Å². The Bertz CT molecular complexity index is 931. The van der Waals surface area contributed by atoms with Gasteiger partial charge in [0.15, 0.2) is 5.75 Å². The number of benzene rings is 2. The highest BCUT2D eigenvalue weighted by Gasteiger charge is 2.28. The number of carbonyl (C=O) groups excluding carboxylic acids is 3. The molecule has 2 aromatic rings. The highest BCUT2D eigenvalue weighted by Crippen LogP contribution is 2.29. The minimum atomic E-state index is -1.44. The van der Waals surface area contributed by atoms with Gasteiger partial charge in [0.2, 0.25) is 6.10 Å². The van der Waals surface area contributed by atoms with Gasteiger partial charge in [-0.15, -0.1) is 0 Å². The van der Waals surface area contributed by atoms with Crippen LogP contribution in [-0.2, 0) is 9.53 Å². The highest BCUT2D eigenvalue weighted by atomic mass is 16.6. The van der Waals surface area contributed by atoms with Gasteiger partial charge >= 0.3 is 17.7 Å². The fourth-order valence-electron chi connectivity index (χ4n) is 2.52. The van der Waals surface area contributed by atoms with Crippen LogP contribution in [0.1, 0.15) is 35.9 Å². The SMILES string of the molecule is CCNC(=O)NC(=O)C(OC(=O)c1ccc(OCC)c([N+](=O)[O-])c1)c1ccccc1. The predicted octanol–water partition coefficient (Wildman–Crippen LogP) is 2.74. The van der Waals surface area contributed by atoms with E-state index in [1.807, 2.05) is 0 Å². The van der Waals surface area contributed by atoms with Crippen LogP contribution in [0.5, 0.6) is 5.75 Å². The molecule has 0 aliphatic carbocycles. The summed E-state index contributed by atoms with van der Waals surface area (Å²) in [5.41, 5.74) is -0.223. The van der Waals surface area contributed by atoms with Gasteiger partial charge in [0.05, 0.1) is 17.1 Å². The van der Waals surface area contributed by atoms with Crippen molar-refractivity contribution in [2.75, 3.05) is 13.2 Å². The van der Waals surface area contributed by atoms with Crippen LogP contribution in [0.3, 0.4) is 0 Å². The Morgan fingerprint density at radius 2 is 1.80 bits per heavy atom. The molecule has 0 saturated heterocycles. The first-order chi connectivity index (χ1) is 14.4. The zero-order valence-corrected chi connectivity index (χ0v) is 16.4. The molecule has 0 aliphatic rings. The number of nitro benzene ring substituents is 1. The van der Waals surface area contributed by atoms with Gasteiger partial charge in [0.25, 0.3) is 5.91 Å². The number of hydrogen-bond donors (Lipinski definition) is 2. The maximum atomic E-state index is 12.6. The number of nitrogens with one attached hydrogen (secondary N) is 2. The maximum absolute atomic E-state index is 12.6. The second-order valence-corrected chi connectivity index (χ2v) is 5.92. The van der Waals surface area contributed by atoms with Crippen molar-refractivity contribution >= 4 is 23.6 Å². The summed E-state index contributed by atoms with van der Waals surface area (Å²) in [5.74, 6) is -1.82. The molecule has 10 heteroatoms. The Morgan fingerprint density at radius 3 is 2.40 bits per heavy atom. The third kappa shape index (κ3) is 5.77.